The third-order valence-corrected chi connectivity index (χ3v) is 5.07. The van der Waals surface area contributed by atoms with Crippen LogP contribution in [-0.4, -0.2) is 17.0 Å². The highest BCUT2D eigenvalue weighted by molar-refractivity contribution is 6.01. The van der Waals surface area contributed by atoms with E-state index in [0.717, 1.165) is 41.4 Å². The Kier molecular flexibility index (Phi) is 4.53. The van der Waals surface area contributed by atoms with Crippen molar-refractivity contribution in [1.29, 1.82) is 0 Å². The van der Waals surface area contributed by atoms with E-state index in [1.165, 1.54) is 6.92 Å². The van der Waals surface area contributed by atoms with Gasteiger partial charge in [-0.05, 0) is 54.7 Å². The SMILES string of the molecule is CC(=O)Nc1c[nH]c2ccc(O[C@H]3C[C@H](c4ccc(C(F)(F)F)cc4)C3)cc12. The van der Waals surface area contributed by atoms with Crippen LogP contribution >= 0.6 is 0 Å². The second kappa shape index (κ2) is 6.89. The van der Waals surface area contributed by atoms with Gasteiger partial charge in [0, 0.05) is 24.0 Å². The molecule has 0 unspecified atom stereocenters. The van der Waals surface area contributed by atoms with E-state index in [9.17, 15) is 18.0 Å². The van der Waals surface area contributed by atoms with Gasteiger partial charge in [0.1, 0.15) is 5.75 Å². The van der Waals surface area contributed by atoms with Gasteiger partial charge in [-0.25, -0.2) is 0 Å². The van der Waals surface area contributed by atoms with Gasteiger partial charge in [-0.1, -0.05) is 12.1 Å². The van der Waals surface area contributed by atoms with E-state index in [1.54, 1.807) is 18.3 Å². The number of hydrogen-bond donors (Lipinski definition) is 2. The number of aromatic amines is 1. The molecule has 1 fully saturated rings. The van der Waals surface area contributed by atoms with E-state index in [0.29, 0.717) is 11.4 Å². The normalized spacial score (nSPS) is 19.3. The summed E-state index contributed by atoms with van der Waals surface area (Å²) < 4.78 is 44.0. The van der Waals surface area contributed by atoms with Crippen LogP contribution in [0.1, 0.15) is 36.8 Å². The Labute approximate surface area is 159 Å². The lowest BCUT2D eigenvalue weighted by Gasteiger charge is -2.35. The molecule has 28 heavy (non-hydrogen) atoms. The maximum atomic E-state index is 12.7. The fourth-order valence-electron chi connectivity index (χ4n) is 3.54. The third kappa shape index (κ3) is 3.69. The zero-order chi connectivity index (χ0) is 19.9. The van der Waals surface area contributed by atoms with E-state index in [1.807, 2.05) is 18.2 Å². The maximum Gasteiger partial charge on any atom is 0.416 e. The van der Waals surface area contributed by atoms with E-state index in [-0.39, 0.29) is 17.9 Å². The van der Waals surface area contributed by atoms with Crippen molar-refractivity contribution in [2.75, 3.05) is 5.32 Å². The molecular weight excluding hydrogens is 369 g/mol. The van der Waals surface area contributed by atoms with Crippen molar-refractivity contribution >= 4 is 22.5 Å². The van der Waals surface area contributed by atoms with E-state index in [2.05, 4.69) is 10.3 Å². The standard InChI is InChI=1S/C21H19F3N2O2/c1-12(27)26-20-11-25-19-7-6-16(10-18(19)20)28-17-8-14(9-17)13-2-4-15(5-3-13)21(22,23)24/h2-7,10-11,14,17,25H,8-9H2,1H3,(H,26,27)/t14-,17-. The number of amides is 1. The molecule has 1 saturated carbocycles. The predicted octanol–water partition coefficient (Wildman–Crippen LogP) is 5.47. The van der Waals surface area contributed by atoms with E-state index in [4.69, 9.17) is 4.74 Å². The summed E-state index contributed by atoms with van der Waals surface area (Å²) in [5.74, 6) is 0.762. The molecule has 1 aromatic heterocycles. The number of aromatic nitrogens is 1. The Morgan fingerprint density at radius 2 is 1.86 bits per heavy atom. The molecule has 0 aliphatic heterocycles. The molecule has 0 spiro atoms. The van der Waals surface area contributed by atoms with Crippen LogP contribution in [-0.2, 0) is 11.0 Å². The Morgan fingerprint density at radius 3 is 2.50 bits per heavy atom. The van der Waals surface area contributed by atoms with Crippen LogP contribution in [0.4, 0.5) is 18.9 Å². The summed E-state index contributed by atoms with van der Waals surface area (Å²) in [6.07, 6.45) is -1.03. The first kappa shape index (κ1) is 18.4. The smallest absolute Gasteiger partial charge is 0.416 e. The van der Waals surface area contributed by atoms with Crippen LogP contribution in [0.25, 0.3) is 10.9 Å². The quantitative estimate of drug-likeness (QED) is 0.623. The Bertz CT molecular complexity index is 1000. The number of anilines is 1. The molecule has 1 aliphatic carbocycles. The Balaban J connectivity index is 1.40. The van der Waals surface area contributed by atoms with Gasteiger partial charge in [-0.3, -0.25) is 4.79 Å². The van der Waals surface area contributed by atoms with Gasteiger partial charge in [-0.15, -0.1) is 0 Å². The molecule has 4 nitrogen and oxygen atoms in total. The van der Waals surface area contributed by atoms with Gasteiger partial charge >= 0.3 is 6.18 Å². The minimum absolute atomic E-state index is 0.0212. The minimum Gasteiger partial charge on any atom is -0.490 e. The largest absolute Gasteiger partial charge is 0.490 e. The summed E-state index contributed by atoms with van der Waals surface area (Å²) >= 11 is 0. The lowest BCUT2D eigenvalue weighted by molar-refractivity contribution is -0.137. The summed E-state index contributed by atoms with van der Waals surface area (Å²) in [6.45, 7) is 1.45. The van der Waals surface area contributed by atoms with E-state index < -0.39 is 11.7 Å². The summed E-state index contributed by atoms with van der Waals surface area (Å²) in [5.41, 5.74) is 1.87. The number of ether oxygens (including phenoxy) is 1. The molecule has 4 rings (SSSR count). The van der Waals surface area contributed by atoms with Crippen molar-refractivity contribution in [2.45, 2.75) is 38.0 Å². The van der Waals surface area contributed by atoms with Crippen LogP contribution in [0, 0.1) is 0 Å². The molecule has 7 heteroatoms. The first-order valence-corrected chi connectivity index (χ1v) is 9.02. The van der Waals surface area contributed by atoms with Crippen LogP contribution < -0.4 is 10.1 Å². The fraction of sp³-hybridized carbons (Fsp3) is 0.286. The minimum atomic E-state index is -4.31. The zero-order valence-electron chi connectivity index (χ0n) is 15.1. The van der Waals surface area contributed by atoms with Gasteiger partial charge in [0.15, 0.2) is 0 Å². The first-order valence-electron chi connectivity index (χ1n) is 9.02. The summed E-state index contributed by atoms with van der Waals surface area (Å²) in [5, 5.41) is 3.64. The number of halogens is 3. The highest BCUT2D eigenvalue weighted by atomic mass is 19.4. The second-order valence-corrected chi connectivity index (χ2v) is 7.12. The molecule has 146 valence electrons. The van der Waals surface area contributed by atoms with Crippen molar-refractivity contribution in [1.82, 2.24) is 4.98 Å². The number of fused-ring (bicyclic) bond motifs is 1. The highest BCUT2D eigenvalue weighted by Crippen LogP contribution is 2.40. The number of hydrogen-bond acceptors (Lipinski definition) is 2. The van der Waals surface area contributed by atoms with Gasteiger partial charge in [0.2, 0.25) is 5.91 Å². The number of alkyl halides is 3. The summed E-state index contributed by atoms with van der Waals surface area (Å²) in [6, 6.07) is 11.0. The van der Waals surface area contributed by atoms with E-state index >= 15 is 0 Å². The molecule has 0 bridgehead atoms. The molecule has 0 atom stereocenters. The third-order valence-electron chi connectivity index (χ3n) is 5.07. The van der Waals surface area contributed by atoms with Crippen molar-refractivity contribution < 1.29 is 22.7 Å². The number of carbonyl (C=O) groups excluding carboxylic acids is 1. The number of carbonyl (C=O) groups is 1. The highest BCUT2D eigenvalue weighted by Gasteiger charge is 2.34. The van der Waals surface area contributed by atoms with Crippen LogP contribution in [0.15, 0.2) is 48.7 Å². The summed E-state index contributed by atoms with van der Waals surface area (Å²) in [7, 11) is 0. The van der Waals surface area contributed by atoms with Crippen molar-refractivity contribution in [3.05, 3.63) is 59.8 Å². The number of rotatable bonds is 4. The molecule has 1 aliphatic rings. The van der Waals surface area contributed by atoms with Crippen LogP contribution in [0.3, 0.4) is 0 Å². The first-order chi connectivity index (χ1) is 13.3. The molecule has 0 saturated heterocycles. The number of nitrogens with one attached hydrogen (secondary N) is 2. The second-order valence-electron chi connectivity index (χ2n) is 7.12. The fourth-order valence-corrected chi connectivity index (χ4v) is 3.54. The molecule has 2 aromatic carbocycles. The average Bonchev–Trinajstić information content (AvgIpc) is 2.99. The van der Waals surface area contributed by atoms with Crippen molar-refractivity contribution in [2.24, 2.45) is 0 Å². The summed E-state index contributed by atoms with van der Waals surface area (Å²) in [4.78, 5) is 14.4. The molecular formula is C21H19F3N2O2. The number of H-pyrrole nitrogens is 1. The lowest BCUT2D eigenvalue weighted by atomic mass is 9.77. The molecule has 3 aromatic rings. The molecule has 2 N–H and O–H groups in total. The predicted molar refractivity (Wildman–Crippen MR) is 100 cm³/mol. The van der Waals surface area contributed by atoms with Crippen LogP contribution in [0.5, 0.6) is 5.75 Å². The maximum absolute atomic E-state index is 12.7. The monoisotopic (exact) mass is 388 g/mol. The average molecular weight is 388 g/mol. The molecule has 1 heterocycles. The van der Waals surface area contributed by atoms with Crippen molar-refractivity contribution in [3.8, 4) is 5.75 Å². The van der Waals surface area contributed by atoms with Gasteiger partial charge < -0.3 is 15.0 Å². The van der Waals surface area contributed by atoms with Gasteiger partial charge in [-0.2, -0.15) is 13.2 Å². The Morgan fingerprint density at radius 1 is 1.14 bits per heavy atom. The topological polar surface area (TPSA) is 54.1 Å². The van der Waals surface area contributed by atoms with Crippen molar-refractivity contribution in [3.63, 3.8) is 0 Å². The molecule has 0 radical (unpaired) electrons. The van der Waals surface area contributed by atoms with Gasteiger partial charge in [0.05, 0.1) is 17.4 Å². The number of benzene rings is 2. The Hall–Kier alpha value is -2.96. The van der Waals surface area contributed by atoms with Gasteiger partial charge in [0.25, 0.3) is 0 Å². The van der Waals surface area contributed by atoms with Crippen LogP contribution in [0.2, 0.25) is 0 Å². The zero-order valence-corrected chi connectivity index (χ0v) is 15.1. The lowest BCUT2D eigenvalue weighted by Crippen LogP contribution is -2.32. The molecule has 1 amide bonds.